The predicted molar refractivity (Wildman–Crippen MR) is 71.8 cm³/mol. The fraction of sp³-hybridized carbons (Fsp3) is 0.462. The van der Waals surface area contributed by atoms with E-state index in [1.54, 1.807) is 6.92 Å². The molecule has 1 aromatic carbocycles. The minimum atomic E-state index is -3.80. The lowest BCUT2D eigenvalue weighted by Crippen LogP contribution is -2.56. The van der Waals surface area contributed by atoms with Crippen molar-refractivity contribution >= 4 is 16.0 Å². The number of methoxy groups -OCH3 is 1. The Kier molecular flexibility index (Phi) is 4.31. The quantitative estimate of drug-likeness (QED) is 0.870. The number of aliphatic carboxylic acids is 1. The maximum Gasteiger partial charge on any atom is 0.333 e. The van der Waals surface area contributed by atoms with Crippen LogP contribution in [-0.2, 0) is 19.6 Å². The van der Waals surface area contributed by atoms with E-state index >= 15 is 0 Å². The van der Waals surface area contributed by atoms with E-state index in [-0.39, 0.29) is 18.0 Å². The second-order valence-electron chi connectivity index (χ2n) is 5.04. The van der Waals surface area contributed by atoms with Gasteiger partial charge in [-0.3, -0.25) is 0 Å². The molecule has 8 heteroatoms. The molecule has 21 heavy (non-hydrogen) atoms. The lowest BCUT2D eigenvalue weighted by atomic mass is 9.96. The van der Waals surface area contributed by atoms with E-state index in [2.05, 4.69) is 0 Å². The normalized spacial score (nSPS) is 18.2. The number of carboxylic acid groups (broad SMARTS) is 1. The van der Waals surface area contributed by atoms with Gasteiger partial charge in [0.05, 0.1) is 4.90 Å². The Balaban J connectivity index is 2.15. The van der Waals surface area contributed by atoms with Crippen LogP contribution >= 0.6 is 0 Å². The van der Waals surface area contributed by atoms with Gasteiger partial charge in [0.1, 0.15) is 5.82 Å². The highest BCUT2D eigenvalue weighted by molar-refractivity contribution is 7.89. The maximum atomic E-state index is 13.3. The smallest absolute Gasteiger partial charge is 0.333 e. The molecule has 1 aromatic rings. The molecule has 1 fully saturated rings. The van der Waals surface area contributed by atoms with Crippen molar-refractivity contribution in [2.75, 3.05) is 20.2 Å². The van der Waals surface area contributed by atoms with Gasteiger partial charge in [-0.1, -0.05) is 0 Å². The van der Waals surface area contributed by atoms with Crippen molar-refractivity contribution < 1.29 is 27.4 Å². The first-order valence-electron chi connectivity index (χ1n) is 6.28. The van der Waals surface area contributed by atoms with Crippen molar-refractivity contribution in [1.82, 2.24) is 4.31 Å². The Bertz CT molecular complexity index is 634. The van der Waals surface area contributed by atoms with E-state index in [1.165, 1.54) is 19.2 Å². The molecule has 1 unspecified atom stereocenters. The number of hydrogen-bond donors (Lipinski definition) is 1. The topological polar surface area (TPSA) is 83.9 Å². The predicted octanol–water partition coefficient (Wildman–Crippen LogP) is 0.854. The molecule has 1 heterocycles. The van der Waals surface area contributed by atoms with E-state index in [1.807, 2.05) is 0 Å². The number of rotatable bonds is 5. The van der Waals surface area contributed by atoms with Gasteiger partial charge in [-0.2, -0.15) is 4.31 Å². The zero-order valence-corrected chi connectivity index (χ0v) is 12.4. The number of halogens is 1. The number of benzene rings is 1. The Morgan fingerprint density at radius 1 is 1.43 bits per heavy atom. The van der Waals surface area contributed by atoms with Crippen LogP contribution in [0.25, 0.3) is 0 Å². The van der Waals surface area contributed by atoms with Gasteiger partial charge in [-0.15, -0.1) is 0 Å². The molecule has 0 aliphatic carbocycles. The first kappa shape index (κ1) is 15.9. The number of nitrogens with zero attached hydrogens (tertiary/aromatic N) is 1. The van der Waals surface area contributed by atoms with Gasteiger partial charge in [-0.25, -0.2) is 17.6 Å². The van der Waals surface area contributed by atoms with Gasteiger partial charge in [0.2, 0.25) is 10.0 Å². The van der Waals surface area contributed by atoms with E-state index in [9.17, 15) is 17.6 Å². The Morgan fingerprint density at radius 3 is 2.52 bits per heavy atom. The molecule has 1 aliphatic heterocycles. The van der Waals surface area contributed by atoms with Crippen LogP contribution in [0.5, 0.6) is 0 Å². The zero-order chi connectivity index (χ0) is 15.8. The SMILES string of the molecule is COC(C(=O)O)C1CN(S(=O)(=O)c2cc(C)cc(F)c2)C1. The number of aryl methyl sites for hydroxylation is 1. The zero-order valence-electron chi connectivity index (χ0n) is 11.6. The fourth-order valence-corrected chi connectivity index (χ4v) is 4.02. The third-order valence-corrected chi connectivity index (χ3v) is 5.26. The van der Waals surface area contributed by atoms with Gasteiger partial charge in [0.25, 0.3) is 0 Å². The van der Waals surface area contributed by atoms with Crippen LogP contribution in [0.4, 0.5) is 4.39 Å². The number of ether oxygens (including phenoxy) is 1. The van der Waals surface area contributed by atoms with Crippen molar-refractivity contribution in [3.63, 3.8) is 0 Å². The summed E-state index contributed by atoms with van der Waals surface area (Å²) in [5.74, 6) is -2.15. The van der Waals surface area contributed by atoms with Gasteiger partial charge in [0, 0.05) is 26.1 Å². The minimum absolute atomic E-state index is 0.0443. The van der Waals surface area contributed by atoms with E-state index in [0.29, 0.717) is 5.56 Å². The molecule has 0 bridgehead atoms. The molecule has 1 atom stereocenters. The number of hydrogen-bond acceptors (Lipinski definition) is 4. The van der Waals surface area contributed by atoms with Gasteiger partial charge in [0.15, 0.2) is 6.10 Å². The molecule has 116 valence electrons. The molecule has 1 aliphatic rings. The van der Waals surface area contributed by atoms with Crippen LogP contribution in [-0.4, -0.2) is 50.1 Å². The number of carbonyl (C=O) groups is 1. The van der Waals surface area contributed by atoms with Crippen LogP contribution in [0, 0.1) is 18.7 Å². The van der Waals surface area contributed by atoms with Crippen LogP contribution in [0.1, 0.15) is 5.56 Å². The van der Waals surface area contributed by atoms with Gasteiger partial charge < -0.3 is 9.84 Å². The first-order chi connectivity index (χ1) is 9.75. The maximum absolute atomic E-state index is 13.3. The number of carboxylic acids is 1. The average molecular weight is 317 g/mol. The molecule has 0 saturated carbocycles. The van der Waals surface area contributed by atoms with Crippen LogP contribution < -0.4 is 0 Å². The molecular weight excluding hydrogens is 301 g/mol. The van der Waals surface area contributed by atoms with Crippen molar-refractivity contribution in [1.29, 1.82) is 0 Å². The van der Waals surface area contributed by atoms with Crippen molar-refractivity contribution in [3.8, 4) is 0 Å². The van der Waals surface area contributed by atoms with Gasteiger partial charge >= 0.3 is 5.97 Å². The summed E-state index contributed by atoms with van der Waals surface area (Å²) in [6.45, 7) is 1.69. The van der Waals surface area contributed by atoms with E-state index in [0.717, 1.165) is 10.4 Å². The fourth-order valence-electron chi connectivity index (χ4n) is 2.35. The summed E-state index contributed by atoms with van der Waals surface area (Å²) in [7, 11) is -2.53. The molecule has 0 aromatic heterocycles. The van der Waals surface area contributed by atoms with Crippen molar-refractivity contribution in [2.24, 2.45) is 5.92 Å². The second-order valence-corrected chi connectivity index (χ2v) is 6.98. The van der Waals surface area contributed by atoms with Crippen molar-refractivity contribution in [3.05, 3.63) is 29.6 Å². The lowest BCUT2D eigenvalue weighted by Gasteiger charge is -2.40. The largest absolute Gasteiger partial charge is 0.479 e. The van der Waals surface area contributed by atoms with Crippen LogP contribution in [0.15, 0.2) is 23.1 Å². The molecule has 0 radical (unpaired) electrons. The minimum Gasteiger partial charge on any atom is -0.479 e. The standard InChI is InChI=1S/C13H16FNO5S/c1-8-3-10(14)5-11(4-8)21(18,19)15-6-9(7-15)12(20-2)13(16)17/h3-5,9,12H,6-7H2,1-2H3,(H,16,17). The summed E-state index contributed by atoms with van der Waals surface area (Å²) in [6, 6.07) is 3.58. The molecule has 1 N–H and O–H groups in total. The highest BCUT2D eigenvalue weighted by Gasteiger charge is 2.43. The Labute approximate surface area is 122 Å². The molecule has 2 rings (SSSR count). The second kappa shape index (κ2) is 5.70. The molecule has 0 spiro atoms. The highest BCUT2D eigenvalue weighted by Crippen LogP contribution is 2.29. The van der Waals surface area contributed by atoms with E-state index in [4.69, 9.17) is 9.84 Å². The van der Waals surface area contributed by atoms with Crippen LogP contribution in [0.3, 0.4) is 0 Å². The molecule has 1 saturated heterocycles. The number of sulfonamides is 1. The lowest BCUT2D eigenvalue weighted by molar-refractivity contribution is -0.154. The van der Waals surface area contributed by atoms with Crippen LogP contribution in [0.2, 0.25) is 0 Å². The summed E-state index contributed by atoms with van der Waals surface area (Å²) >= 11 is 0. The van der Waals surface area contributed by atoms with E-state index < -0.39 is 33.8 Å². The van der Waals surface area contributed by atoms with Gasteiger partial charge in [-0.05, 0) is 30.7 Å². The molecular formula is C13H16FNO5S. The highest BCUT2D eigenvalue weighted by atomic mass is 32.2. The first-order valence-corrected chi connectivity index (χ1v) is 7.72. The third kappa shape index (κ3) is 3.07. The Hall–Kier alpha value is -1.51. The summed E-state index contributed by atoms with van der Waals surface area (Å²) in [5.41, 5.74) is 0.506. The molecule has 0 amide bonds. The monoisotopic (exact) mass is 317 g/mol. The summed E-state index contributed by atoms with van der Waals surface area (Å²) in [5, 5.41) is 8.94. The third-order valence-electron chi connectivity index (χ3n) is 3.46. The van der Waals surface area contributed by atoms with Crippen molar-refractivity contribution in [2.45, 2.75) is 17.9 Å². The summed E-state index contributed by atoms with van der Waals surface area (Å²) in [6.07, 6.45) is -1.04. The average Bonchev–Trinajstić information content (AvgIpc) is 2.30. The summed E-state index contributed by atoms with van der Waals surface area (Å²) < 4.78 is 43.9. The summed E-state index contributed by atoms with van der Waals surface area (Å²) in [4.78, 5) is 10.8. The Morgan fingerprint density at radius 2 is 2.05 bits per heavy atom. The molecule has 6 nitrogen and oxygen atoms in total.